The van der Waals surface area contributed by atoms with Gasteiger partial charge in [-0.05, 0) is 0 Å². The molecular formula is C21H21F3N4O7S. The summed E-state index contributed by atoms with van der Waals surface area (Å²) in [7, 11) is -2.85. The fourth-order valence-corrected chi connectivity index (χ4v) is 5.56. The molecule has 1 aromatic carbocycles. The van der Waals surface area contributed by atoms with Gasteiger partial charge in [0.05, 0.1) is 6.61 Å². The number of amides is 2. The van der Waals surface area contributed by atoms with Gasteiger partial charge in [0.15, 0.2) is 35.5 Å². The first kappa shape index (κ1) is 25.5. The third kappa shape index (κ3) is 4.88. The van der Waals surface area contributed by atoms with Gasteiger partial charge in [0.1, 0.15) is 4.90 Å². The van der Waals surface area contributed by atoms with Crippen molar-refractivity contribution in [2.24, 2.45) is 13.0 Å². The zero-order valence-electron chi connectivity index (χ0n) is 19.0. The van der Waals surface area contributed by atoms with E-state index in [-0.39, 0.29) is 36.0 Å². The number of nitrogens with one attached hydrogen (secondary N) is 2. The lowest BCUT2D eigenvalue weighted by Gasteiger charge is -2.23. The van der Waals surface area contributed by atoms with Crippen LogP contribution in [0, 0.1) is 23.4 Å². The number of fused-ring (bicyclic) bond motifs is 2. The van der Waals surface area contributed by atoms with E-state index in [0.29, 0.717) is 12.1 Å². The van der Waals surface area contributed by atoms with Gasteiger partial charge in [-0.2, -0.15) is 0 Å². The minimum atomic E-state index is -4.23. The van der Waals surface area contributed by atoms with Crippen molar-refractivity contribution in [1.82, 2.24) is 14.2 Å². The van der Waals surface area contributed by atoms with Crippen molar-refractivity contribution in [3.8, 4) is 5.75 Å². The highest BCUT2D eigenvalue weighted by Crippen LogP contribution is 2.34. The molecule has 4 rings (SSSR count). The predicted octanol–water partition coefficient (Wildman–Crippen LogP) is 0.755. The van der Waals surface area contributed by atoms with Crippen molar-refractivity contribution < 1.29 is 45.4 Å². The molecule has 2 amide bonds. The van der Waals surface area contributed by atoms with E-state index in [2.05, 4.69) is 10.0 Å². The minimum Gasteiger partial charge on any atom is -0.489 e. The lowest BCUT2D eigenvalue weighted by Crippen LogP contribution is -2.44. The highest BCUT2D eigenvalue weighted by atomic mass is 32.2. The van der Waals surface area contributed by atoms with E-state index >= 15 is 0 Å². The van der Waals surface area contributed by atoms with Gasteiger partial charge in [-0.3, -0.25) is 14.4 Å². The third-order valence-corrected chi connectivity index (χ3v) is 7.27. The van der Waals surface area contributed by atoms with Crippen LogP contribution >= 0.6 is 0 Å². The van der Waals surface area contributed by atoms with E-state index in [1.54, 1.807) is 0 Å². The summed E-state index contributed by atoms with van der Waals surface area (Å²) in [5.41, 5.74) is -0.657. The van der Waals surface area contributed by atoms with Gasteiger partial charge in [-0.25, -0.2) is 26.3 Å². The van der Waals surface area contributed by atoms with E-state index in [9.17, 15) is 36.0 Å². The fourth-order valence-electron chi connectivity index (χ4n) is 4.07. The molecule has 11 nitrogen and oxygen atoms in total. The Morgan fingerprint density at radius 3 is 2.50 bits per heavy atom. The normalized spacial score (nSPS) is 20.4. The van der Waals surface area contributed by atoms with Crippen LogP contribution in [0.5, 0.6) is 5.75 Å². The zero-order valence-corrected chi connectivity index (χ0v) is 19.8. The molecule has 0 saturated carbocycles. The molecule has 2 N–H and O–H groups in total. The lowest BCUT2D eigenvalue weighted by atomic mass is 10.1. The Hall–Kier alpha value is -3.59. The number of carbonyl (C=O) groups is 3. The molecule has 2 aliphatic heterocycles. The number of benzene rings is 1. The Morgan fingerprint density at radius 2 is 1.86 bits per heavy atom. The van der Waals surface area contributed by atoms with Gasteiger partial charge >= 0.3 is 5.97 Å². The maximum absolute atomic E-state index is 13.6. The van der Waals surface area contributed by atoms with Crippen LogP contribution in [0.4, 0.5) is 18.9 Å². The Bertz CT molecular complexity index is 1340. The molecule has 2 aromatic rings. The van der Waals surface area contributed by atoms with Crippen LogP contribution in [0.3, 0.4) is 0 Å². The predicted molar refractivity (Wildman–Crippen MR) is 116 cm³/mol. The standard InChI is InChI=1S/C21H21F3N4O7S/c1-10(29)34-9-17(30)28-5-11-8-35-20-16(36(32,33)26-15(11)6-28)7-27(2)19(20)21(31)25-12-3-13(22)18(24)14(23)4-12/h3-4,7,11,15,26H,5-6,8-9H2,1-2H3,(H,25,31). The molecule has 1 aromatic heterocycles. The molecule has 2 unspecified atom stereocenters. The Labute approximate surface area is 203 Å². The number of sulfonamides is 1. The maximum Gasteiger partial charge on any atom is 0.303 e. The number of hydrogen-bond acceptors (Lipinski definition) is 7. The number of hydrogen-bond donors (Lipinski definition) is 2. The van der Waals surface area contributed by atoms with Crippen LogP contribution in [0.2, 0.25) is 0 Å². The first-order valence-electron chi connectivity index (χ1n) is 10.6. The van der Waals surface area contributed by atoms with E-state index in [1.165, 1.54) is 16.5 Å². The van der Waals surface area contributed by atoms with Crippen LogP contribution in [0.15, 0.2) is 23.2 Å². The van der Waals surface area contributed by atoms with Crippen LogP contribution in [0.25, 0.3) is 0 Å². The number of carbonyl (C=O) groups excluding carboxylic acids is 3. The van der Waals surface area contributed by atoms with Crippen molar-refractivity contribution in [2.45, 2.75) is 17.9 Å². The molecular weight excluding hydrogens is 509 g/mol. The number of likely N-dealkylation sites (tertiary alicyclic amines) is 1. The number of aromatic nitrogens is 1. The smallest absolute Gasteiger partial charge is 0.303 e. The van der Waals surface area contributed by atoms with Gasteiger partial charge in [0.25, 0.3) is 11.8 Å². The van der Waals surface area contributed by atoms with E-state index in [1.807, 2.05) is 0 Å². The van der Waals surface area contributed by atoms with Gasteiger partial charge < -0.3 is 24.3 Å². The number of anilines is 1. The average Bonchev–Trinajstić information content (AvgIpc) is 3.33. The molecule has 2 aliphatic rings. The summed E-state index contributed by atoms with van der Waals surface area (Å²) in [6.07, 6.45) is 1.14. The van der Waals surface area contributed by atoms with Crippen molar-refractivity contribution in [2.75, 3.05) is 31.6 Å². The average molecular weight is 530 g/mol. The van der Waals surface area contributed by atoms with Gasteiger partial charge in [-0.1, -0.05) is 0 Å². The van der Waals surface area contributed by atoms with Gasteiger partial charge in [-0.15, -0.1) is 0 Å². The molecule has 2 atom stereocenters. The van der Waals surface area contributed by atoms with Gasteiger partial charge in [0.2, 0.25) is 10.0 Å². The Balaban J connectivity index is 1.59. The van der Waals surface area contributed by atoms with Crippen LogP contribution in [0.1, 0.15) is 17.4 Å². The topological polar surface area (TPSA) is 136 Å². The summed E-state index contributed by atoms with van der Waals surface area (Å²) in [5.74, 6) is -7.63. The highest BCUT2D eigenvalue weighted by Gasteiger charge is 2.42. The van der Waals surface area contributed by atoms with Crippen LogP contribution in [-0.4, -0.2) is 68.0 Å². The molecule has 0 spiro atoms. The van der Waals surface area contributed by atoms with E-state index in [4.69, 9.17) is 9.47 Å². The summed E-state index contributed by atoms with van der Waals surface area (Å²) < 4.78 is 80.7. The first-order valence-corrected chi connectivity index (χ1v) is 12.1. The Kier molecular flexibility index (Phi) is 6.70. The number of esters is 1. The number of ether oxygens (including phenoxy) is 2. The minimum absolute atomic E-state index is 0.0184. The third-order valence-electron chi connectivity index (χ3n) is 5.79. The summed E-state index contributed by atoms with van der Waals surface area (Å²) in [4.78, 5) is 37.2. The Morgan fingerprint density at radius 1 is 1.19 bits per heavy atom. The number of rotatable bonds is 4. The lowest BCUT2D eigenvalue weighted by molar-refractivity contribution is -0.149. The van der Waals surface area contributed by atoms with Crippen LogP contribution in [-0.2, 0) is 31.4 Å². The second-order valence-corrected chi connectivity index (χ2v) is 10.1. The molecule has 194 valence electrons. The monoisotopic (exact) mass is 530 g/mol. The van der Waals surface area contributed by atoms with Crippen molar-refractivity contribution in [3.63, 3.8) is 0 Å². The molecule has 0 aliphatic carbocycles. The molecule has 0 radical (unpaired) electrons. The SMILES string of the molecule is CC(=O)OCC(=O)N1CC2COc3c(cn(C)c3C(=O)Nc3cc(F)c(F)c(F)c3)S(=O)(=O)NC2C1. The number of aryl methyl sites for hydroxylation is 1. The summed E-state index contributed by atoms with van der Waals surface area (Å²) >= 11 is 0. The highest BCUT2D eigenvalue weighted by molar-refractivity contribution is 7.89. The largest absolute Gasteiger partial charge is 0.489 e. The summed E-state index contributed by atoms with van der Waals surface area (Å²) in [6, 6.07) is 0.450. The number of nitrogens with zero attached hydrogens (tertiary/aromatic N) is 2. The second kappa shape index (κ2) is 9.46. The second-order valence-electron chi connectivity index (χ2n) is 8.37. The first-order chi connectivity index (χ1) is 16.9. The zero-order chi connectivity index (χ0) is 26.4. The maximum atomic E-state index is 13.6. The summed E-state index contributed by atoms with van der Waals surface area (Å²) in [5, 5.41) is 2.20. The van der Waals surface area contributed by atoms with E-state index in [0.717, 1.165) is 13.1 Å². The van der Waals surface area contributed by atoms with Crippen molar-refractivity contribution >= 4 is 33.5 Å². The quantitative estimate of drug-likeness (QED) is 0.440. The van der Waals surface area contributed by atoms with Crippen LogP contribution < -0.4 is 14.8 Å². The van der Waals surface area contributed by atoms with Gasteiger partial charge in [0, 0.05) is 63.0 Å². The molecule has 3 heterocycles. The van der Waals surface area contributed by atoms with Crippen molar-refractivity contribution in [1.29, 1.82) is 0 Å². The van der Waals surface area contributed by atoms with Crippen molar-refractivity contribution in [3.05, 3.63) is 41.5 Å². The fraction of sp³-hybridized carbons (Fsp3) is 0.381. The van der Waals surface area contributed by atoms with E-state index < -0.39 is 69.5 Å². The molecule has 1 fully saturated rings. The number of halogens is 3. The molecule has 36 heavy (non-hydrogen) atoms. The summed E-state index contributed by atoms with van der Waals surface area (Å²) in [6.45, 7) is 0.705. The molecule has 1 saturated heterocycles. The molecule has 15 heteroatoms. The molecule has 0 bridgehead atoms.